The minimum Gasteiger partial charge on any atom is -0.361 e. The Kier molecular flexibility index (Phi) is 7.36. The van der Waals surface area contributed by atoms with Crippen molar-refractivity contribution < 1.29 is 9.59 Å². The maximum atomic E-state index is 13.9. The molecule has 38 heavy (non-hydrogen) atoms. The Bertz CT molecular complexity index is 1500. The predicted octanol–water partition coefficient (Wildman–Crippen LogP) is 6.28. The first-order valence-electron chi connectivity index (χ1n) is 12.8. The second-order valence-electron chi connectivity index (χ2n) is 9.64. The number of rotatable bonds is 8. The third-order valence-electron chi connectivity index (χ3n) is 6.99. The molecule has 1 heterocycles. The van der Waals surface area contributed by atoms with Gasteiger partial charge in [0.1, 0.15) is 6.04 Å². The molecule has 0 aliphatic heterocycles. The van der Waals surface area contributed by atoms with Gasteiger partial charge in [-0.25, -0.2) is 0 Å². The van der Waals surface area contributed by atoms with Gasteiger partial charge in [0.15, 0.2) is 0 Å². The number of amides is 2. The Morgan fingerprint density at radius 1 is 0.711 bits per heavy atom. The molecule has 4 aromatic carbocycles. The zero-order chi connectivity index (χ0) is 26.5. The van der Waals surface area contributed by atoms with E-state index in [-0.39, 0.29) is 11.8 Å². The minimum absolute atomic E-state index is 0.219. The van der Waals surface area contributed by atoms with E-state index in [9.17, 15) is 9.59 Å². The number of aryl methyl sites for hydroxylation is 2. The number of carbonyl (C=O) groups is 2. The summed E-state index contributed by atoms with van der Waals surface area (Å²) in [5.74, 6) is -1.01. The first-order chi connectivity index (χ1) is 18.5. The van der Waals surface area contributed by atoms with Crippen LogP contribution in [0.15, 0.2) is 109 Å². The van der Waals surface area contributed by atoms with Crippen LogP contribution < -0.4 is 10.6 Å². The fourth-order valence-corrected chi connectivity index (χ4v) is 4.99. The van der Waals surface area contributed by atoms with E-state index in [1.807, 2.05) is 123 Å². The van der Waals surface area contributed by atoms with Crippen LogP contribution in [-0.4, -0.2) is 22.8 Å². The van der Waals surface area contributed by atoms with Crippen molar-refractivity contribution in [1.29, 1.82) is 0 Å². The first-order valence-corrected chi connectivity index (χ1v) is 12.8. The zero-order valence-electron chi connectivity index (χ0n) is 21.6. The van der Waals surface area contributed by atoms with E-state index in [4.69, 9.17) is 0 Å². The van der Waals surface area contributed by atoms with Crippen molar-refractivity contribution in [1.82, 2.24) is 10.3 Å². The van der Waals surface area contributed by atoms with E-state index >= 15 is 0 Å². The Balaban J connectivity index is 1.49. The van der Waals surface area contributed by atoms with E-state index in [0.29, 0.717) is 6.42 Å². The van der Waals surface area contributed by atoms with Gasteiger partial charge >= 0.3 is 0 Å². The van der Waals surface area contributed by atoms with E-state index in [1.54, 1.807) is 0 Å². The summed E-state index contributed by atoms with van der Waals surface area (Å²) in [4.78, 5) is 31.0. The summed E-state index contributed by atoms with van der Waals surface area (Å²) < 4.78 is 0. The van der Waals surface area contributed by atoms with E-state index in [1.165, 1.54) is 0 Å². The van der Waals surface area contributed by atoms with E-state index in [2.05, 4.69) is 15.6 Å². The number of carbonyl (C=O) groups excluding carboxylic acids is 2. The molecule has 190 valence electrons. The molecule has 0 aliphatic carbocycles. The second kappa shape index (κ2) is 11.2. The molecule has 0 bridgehead atoms. The van der Waals surface area contributed by atoms with Gasteiger partial charge in [0.25, 0.3) is 0 Å². The monoisotopic (exact) mass is 501 g/mol. The molecule has 2 amide bonds. The van der Waals surface area contributed by atoms with Gasteiger partial charge in [-0.05, 0) is 47.7 Å². The largest absolute Gasteiger partial charge is 0.361 e. The van der Waals surface area contributed by atoms with Crippen molar-refractivity contribution in [3.05, 3.63) is 137 Å². The highest BCUT2D eigenvalue weighted by atomic mass is 16.2. The van der Waals surface area contributed by atoms with Gasteiger partial charge in [-0.15, -0.1) is 0 Å². The van der Waals surface area contributed by atoms with Crippen LogP contribution in [0.2, 0.25) is 0 Å². The highest BCUT2D eigenvalue weighted by Crippen LogP contribution is 2.26. The highest BCUT2D eigenvalue weighted by molar-refractivity contribution is 6.00. The van der Waals surface area contributed by atoms with Crippen LogP contribution in [0.4, 0.5) is 5.69 Å². The first kappa shape index (κ1) is 25.0. The average molecular weight is 502 g/mol. The predicted molar refractivity (Wildman–Crippen MR) is 153 cm³/mol. The maximum Gasteiger partial charge on any atom is 0.247 e. The zero-order valence-corrected chi connectivity index (χ0v) is 21.6. The van der Waals surface area contributed by atoms with Gasteiger partial charge in [0, 0.05) is 29.2 Å². The summed E-state index contributed by atoms with van der Waals surface area (Å²) in [5, 5.41) is 7.25. The third kappa shape index (κ3) is 5.37. The topological polar surface area (TPSA) is 74.0 Å². The Morgan fingerprint density at radius 2 is 1.29 bits per heavy atom. The highest BCUT2D eigenvalue weighted by Gasteiger charge is 2.29. The molecular formula is C33H31N3O2. The quantitative estimate of drug-likeness (QED) is 0.234. The Morgan fingerprint density at radius 3 is 1.92 bits per heavy atom. The summed E-state index contributed by atoms with van der Waals surface area (Å²) >= 11 is 0. The number of benzene rings is 4. The molecule has 0 spiro atoms. The van der Waals surface area contributed by atoms with Crippen LogP contribution in [0.1, 0.15) is 33.7 Å². The van der Waals surface area contributed by atoms with Crippen LogP contribution in [0.5, 0.6) is 0 Å². The minimum atomic E-state index is -0.782. The van der Waals surface area contributed by atoms with Crippen LogP contribution in [0.3, 0.4) is 0 Å². The number of H-pyrrole nitrogens is 1. The lowest BCUT2D eigenvalue weighted by Crippen LogP contribution is -2.47. The smallest absolute Gasteiger partial charge is 0.247 e. The van der Waals surface area contributed by atoms with Gasteiger partial charge in [-0.3, -0.25) is 9.59 Å². The number of nitrogens with one attached hydrogen (secondary N) is 3. The molecule has 5 heteroatoms. The standard InChI is InChI=1S/C33H31N3O2/c1-22-12-11-13-23(2)31(22)36-32(37)29(20-26-21-34-28-19-10-9-18-27(26)28)35-33(38)30(24-14-5-3-6-15-24)25-16-7-4-8-17-25/h3-19,21,29-30,34H,20H2,1-2H3,(H,35,38)(H,36,37). The number of hydrogen-bond donors (Lipinski definition) is 3. The lowest BCUT2D eigenvalue weighted by Gasteiger charge is -2.24. The van der Waals surface area contributed by atoms with Gasteiger partial charge in [0.05, 0.1) is 5.92 Å². The third-order valence-corrected chi connectivity index (χ3v) is 6.99. The molecule has 0 radical (unpaired) electrons. The second-order valence-corrected chi connectivity index (χ2v) is 9.64. The molecular weight excluding hydrogens is 470 g/mol. The summed E-state index contributed by atoms with van der Waals surface area (Å²) in [6.07, 6.45) is 2.27. The number of anilines is 1. The molecule has 1 aromatic heterocycles. The molecule has 5 rings (SSSR count). The number of aromatic nitrogens is 1. The number of aromatic amines is 1. The van der Waals surface area contributed by atoms with Gasteiger partial charge in [-0.2, -0.15) is 0 Å². The van der Waals surface area contributed by atoms with Crippen molar-refractivity contribution in [2.75, 3.05) is 5.32 Å². The normalized spacial score (nSPS) is 11.9. The number of hydrogen-bond acceptors (Lipinski definition) is 2. The molecule has 0 saturated carbocycles. The van der Waals surface area contributed by atoms with Gasteiger partial charge < -0.3 is 15.6 Å². The number of para-hydroxylation sites is 2. The fraction of sp³-hybridized carbons (Fsp3) is 0.152. The van der Waals surface area contributed by atoms with Crippen LogP contribution in [0.25, 0.3) is 10.9 Å². The molecule has 1 atom stereocenters. The number of fused-ring (bicyclic) bond motifs is 1. The molecule has 0 saturated heterocycles. The van der Waals surface area contributed by atoms with E-state index in [0.717, 1.165) is 44.4 Å². The molecule has 0 aliphatic rings. The summed E-state index contributed by atoms with van der Waals surface area (Å²) in [6.45, 7) is 3.94. The van der Waals surface area contributed by atoms with Crippen LogP contribution >= 0.6 is 0 Å². The molecule has 0 fully saturated rings. The molecule has 3 N–H and O–H groups in total. The van der Waals surface area contributed by atoms with Crippen LogP contribution in [0, 0.1) is 13.8 Å². The van der Waals surface area contributed by atoms with Gasteiger partial charge in [-0.1, -0.05) is 97.1 Å². The summed E-state index contributed by atoms with van der Waals surface area (Å²) in [5.41, 5.74) is 6.43. The van der Waals surface area contributed by atoms with Crippen molar-refractivity contribution in [3.8, 4) is 0 Å². The van der Waals surface area contributed by atoms with Gasteiger partial charge in [0.2, 0.25) is 11.8 Å². The maximum absolute atomic E-state index is 13.9. The Labute approximate surface area is 222 Å². The molecule has 1 unspecified atom stereocenters. The van der Waals surface area contributed by atoms with Crippen molar-refractivity contribution in [3.63, 3.8) is 0 Å². The Hall–Kier alpha value is -4.64. The lowest BCUT2D eigenvalue weighted by atomic mass is 9.90. The summed E-state index contributed by atoms with van der Waals surface area (Å²) in [7, 11) is 0. The molecule has 5 nitrogen and oxygen atoms in total. The van der Waals surface area contributed by atoms with Crippen molar-refractivity contribution >= 4 is 28.4 Å². The van der Waals surface area contributed by atoms with Crippen molar-refractivity contribution in [2.24, 2.45) is 0 Å². The van der Waals surface area contributed by atoms with E-state index < -0.39 is 12.0 Å². The fourth-order valence-electron chi connectivity index (χ4n) is 4.99. The SMILES string of the molecule is Cc1cccc(C)c1NC(=O)C(Cc1c[nH]c2ccccc12)NC(=O)C(c1ccccc1)c1ccccc1. The molecule has 5 aromatic rings. The summed E-state index contributed by atoms with van der Waals surface area (Å²) in [6, 6.07) is 32.5. The van der Waals surface area contributed by atoms with Crippen molar-refractivity contribution in [2.45, 2.75) is 32.2 Å². The average Bonchev–Trinajstić information content (AvgIpc) is 3.34. The van der Waals surface area contributed by atoms with Crippen LogP contribution in [-0.2, 0) is 16.0 Å². The lowest BCUT2D eigenvalue weighted by molar-refractivity contribution is -0.126.